The molecular weight excluding hydrogens is 164 g/mol. The Morgan fingerprint density at radius 2 is 1.85 bits per heavy atom. The average Bonchev–Trinajstić information content (AvgIpc) is 2.51. The Hall–Kier alpha value is -0.530. The summed E-state index contributed by atoms with van der Waals surface area (Å²) in [6.07, 6.45) is 7.94. The molecule has 0 aromatic heterocycles. The largest absolute Gasteiger partial charge is 0.462 e. The molecule has 2 rings (SSSR count). The molecule has 74 valence electrons. The number of carbonyl (C=O) groups is 1. The van der Waals surface area contributed by atoms with Gasteiger partial charge in [0.25, 0.3) is 0 Å². The van der Waals surface area contributed by atoms with Crippen LogP contribution in [0.15, 0.2) is 0 Å². The first-order chi connectivity index (χ1) is 6.27. The van der Waals surface area contributed by atoms with Gasteiger partial charge in [0.05, 0.1) is 0 Å². The maximum Gasteiger partial charge on any atom is 0.302 e. The van der Waals surface area contributed by atoms with Crippen molar-refractivity contribution >= 4 is 5.97 Å². The van der Waals surface area contributed by atoms with Crippen LogP contribution in [-0.4, -0.2) is 12.1 Å². The van der Waals surface area contributed by atoms with Crippen LogP contribution >= 0.6 is 0 Å². The predicted molar refractivity (Wildman–Crippen MR) is 50.2 cm³/mol. The fourth-order valence-corrected chi connectivity index (χ4v) is 3.07. The fourth-order valence-electron chi connectivity index (χ4n) is 3.07. The van der Waals surface area contributed by atoms with E-state index in [-0.39, 0.29) is 12.1 Å². The van der Waals surface area contributed by atoms with Crippen molar-refractivity contribution in [2.24, 2.45) is 11.8 Å². The minimum Gasteiger partial charge on any atom is -0.462 e. The van der Waals surface area contributed by atoms with Gasteiger partial charge in [-0.25, -0.2) is 0 Å². The first-order valence-corrected chi connectivity index (χ1v) is 5.44. The summed E-state index contributed by atoms with van der Waals surface area (Å²) in [7, 11) is 0. The number of hydrogen-bond donors (Lipinski definition) is 0. The van der Waals surface area contributed by atoms with Crippen LogP contribution < -0.4 is 0 Å². The third kappa shape index (κ3) is 1.87. The highest BCUT2D eigenvalue weighted by Gasteiger charge is 2.37. The third-order valence-electron chi connectivity index (χ3n) is 3.58. The van der Waals surface area contributed by atoms with E-state index in [4.69, 9.17) is 4.74 Å². The topological polar surface area (TPSA) is 26.3 Å². The molecule has 2 aliphatic carbocycles. The minimum atomic E-state index is -0.0995. The van der Waals surface area contributed by atoms with Crippen LogP contribution in [0, 0.1) is 11.8 Å². The van der Waals surface area contributed by atoms with Gasteiger partial charge >= 0.3 is 5.97 Å². The van der Waals surface area contributed by atoms with Gasteiger partial charge in [-0.15, -0.1) is 0 Å². The number of ether oxygens (including phenoxy) is 1. The van der Waals surface area contributed by atoms with Crippen molar-refractivity contribution in [2.75, 3.05) is 0 Å². The van der Waals surface area contributed by atoms with E-state index in [1.807, 2.05) is 0 Å². The monoisotopic (exact) mass is 182 g/mol. The second kappa shape index (κ2) is 3.69. The van der Waals surface area contributed by atoms with Gasteiger partial charge in [0.15, 0.2) is 0 Å². The molecule has 0 radical (unpaired) electrons. The summed E-state index contributed by atoms with van der Waals surface area (Å²) in [5.41, 5.74) is 0. The highest BCUT2D eigenvalue weighted by Crippen LogP contribution is 2.43. The lowest BCUT2D eigenvalue weighted by Gasteiger charge is -2.32. The molecule has 0 bridgehead atoms. The van der Waals surface area contributed by atoms with Gasteiger partial charge in [-0.3, -0.25) is 4.79 Å². The summed E-state index contributed by atoms with van der Waals surface area (Å²) in [6, 6.07) is 0. The standard InChI is InChI=1S/C11H18O2/c1-8(12)13-11-7-3-5-9-4-2-6-10(9)11/h9-11H,2-7H2,1H3. The molecule has 0 N–H and O–H groups in total. The molecule has 3 atom stereocenters. The molecule has 2 heteroatoms. The SMILES string of the molecule is CC(=O)OC1CCCC2CCCC21. The highest BCUT2D eigenvalue weighted by atomic mass is 16.5. The van der Waals surface area contributed by atoms with Crippen LogP contribution in [-0.2, 0) is 9.53 Å². The maximum absolute atomic E-state index is 10.9. The van der Waals surface area contributed by atoms with E-state index < -0.39 is 0 Å². The molecule has 13 heavy (non-hydrogen) atoms. The second-order valence-electron chi connectivity index (χ2n) is 4.43. The minimum absolute atomic E-state index is 0.0995. The molecular formula is C11H18O2. The number of carbonyl (C=O) groups excluding carboxylic acids is 1. The zero-order valence-corrected chi connectivity index (χ0v) is 8.29. The Morgan fingerprint density at radius 1 is 1.15 bits per heavy atom. The lowest BCUT2D eigenvalue weighted by molar-refractivity contribution is -0.151. The predicted octanol–water partition coefficient (Wildman–Crippen LogP) is 2.52. The summed E-state index contributed by atoms with van der Waals surface area (Å²) in [4.78, 5) is 10.9. The number of fused-ring (bicyclic) bond motifs is 1. The molecule has 0 saturated heterocycles. The van der Waals surface area contributed by atoms with Crippen LogP contribution in [0.1, 0.15) is 45.4 Å². The van der Waals surface area contributed by atoms with E-state index in [2.05, 4.69) is 0 Å². The van der Waals surface area contributed by atoms with Crippen molar-refractivity contribution in [1.29, 1.82) is 0 Å². The van der Waals surface area contributed by atoms with Gasteiger partial charge in [0, 0.05) is 6.92 Å². The Kier molecular flexibility index (Phi) is 2.56. The van der Waals surface area contributed by atoms with Crippen LogP contribution in [0.3, 0.4) is 0 Å². The molecule has 0 amide bonds. The van der Waals surface area contributed by atoms with Crippen molar-refractivity contribution in [3.63, 3.8) is 0 Å². The molecule has 0 aliphatic heterocycles. The van der Waals surface area contributed by atoms with Crippen molar-refractivity contribution in [2.45, 2.75) is 51.6 Å². The second-order valence-corrected chi connectivity index (χ2v) is 4.43. The van der Waals surface area contributed by atoms with Gasteiger partial charge in [-0.2, -0.15) is 0 Å². The molecule has 0 spiro atoms. The van der Waals surface area contributed by atoms with E-state index >= 15 is 0 Å². The van der Waals surface area contributed by atoms with Crippen LogP contribution in [0.5, 0.6) is 0 Å². The number of rotatable bonds is 1. The summed E-state index contributed by atoms with van der Waals surface area (Å²) in [5, 5.41) is 0. The van der Waals surface area contributed by atoms with Gasteiger partial charge in [-0.05, 0) is 37.5 Å². The molecule has 2 fully saturated rings. The molecule has 2 nitrogen and oxygen atoms in total. The van der Waals surface area contributed by atoms with E-state index in [0.29, 0.717) is 5.92 Å². The number of esters is 1. The fraction of sp³-hybridized carbons (Fsp3) is 0.909. The van der Waals surface area contributed by atoms with E-state index in [1.54, 1.807) is 0 Å². The smallest absolute Gasteiger partial charge is 0.302 e. The van der Waals surface area contributed by atoms with Crippen molar-refractivity contribution in [3.05, 3.63) is 0 Å². The van der Waals surface area contributed by atoms with E-state index in [9.17, 15) is 4.79 Å². The number of hydrogen-bond acceptors (Lipinski definition) is 2. The molecule has 2 aliphatic rings. The zero-order chi connectivity index (χ0) is 9.26. The third-order valence-corrected chi connectivity index (χ3v) is 3.58. The lowest BCUT2D eigenvalue weighted by atomic mass is 9.79. The summed E-state index contributed by atoms with van der Waals surface area (Å²) < 4.78 is 5.37. The van der Waals surface area contributed by atoms with Crippen LogP contribution in [0.4, 0.5) is 0 Å². The maximum atomic E-state index is 10.9. The summed E-state index contributed by atoms with van der Waals surface area (Å²) in [5.74, 6) is 1.45. The summed E-state index contributed by atoms with van der Waals surface area (Å²) >= 11 is 0. The van der Waals surface area contributed by atoms with Gasteiger partial charge in [0.2, 0.25) is 0 Å². The van der Waals surface area contributed by atoms with Gasteiger partial charge in [0.1, 0.15) is 6.10 Å². The Bertz CT molecular complexity index is 200. The first kappa shape index (κ1) is 9.04. The Balaban J connectivity index is 1.97. The lowest BCUT2D eigenvalue weighted by Crippen LogP contribution is -2.32. The van der Waals surface area contributed by atoms with Crippen molar-refractivity contribution in [3.8, 4) is 0 Å². The summed E-state index contributed by atoms with van der Waals surface area (Å²) in [6.45, 7) is 1.53. The van der Waals surface area contributed by atoms with Crippen molar-refractivity contribution < 1.29 is 9.53 Å². The van der Waals surface area contributed by atoms with Crippen molar-refractivity contribution in [1.82, 2.24) is 0 Å². The highest BCUT2D eigenvalue weighted by molar-refractivity contribution is 5.66. The van der Waals surface area contributed by atoms with Gasteiger partial charge in [-0.1, -0.05) is 12.8 Å². The molecule has 0 heterocycles. The molecule has 0 aromatic carbocycles. The Morgan fingerprint density at radius 3 is 2.54 bits per heavy atom. The average molecular weight is 182 g/mol. The van der Waals surface area contributed by atoms with Crippen LogP contribution in [0.25, 0.3) is 0 Å². The normalized spacial score (nSPS) is 38.4. The molecule has 3 unspecified atom stereocenters. The van der Waals surface area contributed by atoms with Crippen LogP contribution in [0.2, 0.25) is 0 Å². The van der Waals surface area contributed by atoms with Gasteiger partial charge < -0.3 is 4.74 Å². The Labute approximate surface area is 79.7 Å². The molecule has 0 aromatic rings. The first-order valence-electron chi connectivity index (χ1n) is 5.44. The van der Waals surface area contributed by atoms with E-state index in [0.717, 1.165) is 12.3 Å². The quantitative estimate of drug-likeness (QED) is 0.582. The molecule has 2 saturated carbocycles. The van der Waals surface area contributed by atoms with E-state index in [1.165, 1.54) is 39.0 Å². The zero-order valence-electron chi connectivity index (χ0n) is 8.29.